The maximum absolute atomic E-state index is 13.7. The van der Waals surface area contributed by atoms with Crippen molar-refractivity contribution in [2.75, 3.05) is 20.3 Å². The summed E-state index contributed by atoms with van der Waals surface area (Å²) in [5.74, 6) is -0.128. The Morgan fingerprint density at radius 1 is 1.03 bits per heavy atom. The Hall–Kier alpha value is -4.40. The summed E-state index contributed by atoms with van der Waals surface area (Å²) in [5.41, 5.74) is 2.63. The lowest BCUT2D eigenvalue weighted by Gasteiger charge is -2.32. The molecule has 9 heteroatoms. The molecular weight excluding hydrogens is 498 g/mol. The van der Waals surface area contributed by atoms with Crippen molar-refractivity contribution in [1.29, 1.82) is 0 Å². The van der Waals surface area contributed by atoms with Crippen molar-refractivity contribution >= 4 is 17.5 Å². The quantitative estimate of drug-likeness (QED) is 0.252. The summed E-state index contributed by atoms with van der Waals surface area (Å²) >= 11 is 0. The number of nitro groups is 1. The number of amides is 2. The largest absolute Gasteiger partial charge is 0.490 e. The average Bonchev–Trinajstić information content (AvgIpc) is 2.93. The summed E-state index contributed by atoms with van der Waals surface area (Å²) in [6.07, 6.45) is 0.327. The number of nitrogens with zero attached hydrogens (tertiary/aromatic N) is 2. The van der Waals surface area contributed by atoms with Crippen molar-refractivity contribution in [2.45, 2.75) is 39.8 Å². The molecule has 0 unspecified atom stereocenters. The molecule has 0 saturated heterocycles. The Morgan fingerprint density at radius 3 is 2.36 bits per heavy atom. The molecule has 0 aliphatic heterocycles. The molecule has 0 aliphatic carbocycles. The zero-order chi connectivity index (χ0) is 28.4. The predicted molar refractivity (Wildman–Crippen MR) is 149 cm³/mol. The van der Waals surface area contributed by atoms with Crippen LogP contribution in [0.1, 0.15) is 30.5 Å². The molecule has 1 atom stereocenters. The first kappa shape index (κ1) is 29.2. The van der Waals surface area contributed by atoms with Crippen LogP contribution < -0.4 is 14.8 Å². The average molecular weight is 534 g/mol. The smallest absolute Gasteiger partial charge is 0.311 e. The third-order valence-electron chi connectivity index (χ3n) is 6.27. The van der Waals surface area contributed by atoms with Crippen molar-refractivity contribution in [3.8, 4) is 11.5 Å². The predicted octanol–water partition coefficient (Wildman–Crippen LogP) is 4.70. The minimum Gasteiger partial charge on any atom is -0.490 e. The van der Waals surface area contributed by atoms with Crippen LogP contribution in [0, 0.1) is 23.0 Å². The summed E-state index contributed by atoms with van der Waals surface area (Å²) in [4.78, 5) is 39.4. The van der Waals surface area contributed by atoms with Crippen LogP contribution in [0.15, 0.2) is 72.8 Å². The van der Waals surface area contributed by atoms with Crippen molar-refractivity contribution < 1.29 is 24.0 Å². The minimum absolute atomic E-state index is 0.0248. The van der Waals surface area contributed by atoms with Crippen LogP contribution in [0.4, 0.5) is 5.69 Å². The van der Waals surface area contributed by atoms with Gasteiger partial charge in [-0.25, -0.2) is 0 Å². The van der Waals surface area contributed by atoms with Gasteiger partial charge in [0.25, 0.3) is 5.91 Å². The molecule has 39 heavy (non-hydrogen) atoms. The SMILES string of the molecule is COc1cc(OCC(=O)N(Cc2ccccc2C)[C@H](Cc2ccccc2)C(=O)NCC(C)C)ccc1[N+](=O)[O-]. The van der Waals surface area contributed by atoms with Gasteiger partial charge in [-0.05, 0) is 35.6 Å². The van der Waals surface area contributed by atoms with E-state index in [2.05, 4.69) is 5.32 Å². The first-order chi connectivity index (χ1) is 18.7. The highest BCUT2D eigenvalue weighted by Gasteiger charge is 2.31. The first-order valence-corrected chi connectivity index (χ1v) is 12.8. The van der Waals surface area contributed by atoms with E-state index in [1.807, 2.05) is 75.4 Å². The van der Waals surface area contributed by atoms with E-state index in [1.54, 1.807) is 4.90 Å². The van der Waals surface area contributed by atoms with Gasteiger partial charge >= 0.3 is 5.69 Å². The molecule has 3 rings (SSSR count). The van der Waals surface area contributed by atoms with E-state index < -0.39 is 16.9 Å². The fraction of sp³-hybridized carbons (Fsp3) is 0.333. The molecule has 0 saturated carbocycles. The van der Waals surface area contributed by atoms with Gasteiger partial charge in [-0.3, -0.25) is 19.7 Å². The summed E-state index contributed by atoms with van der Waals surface area (Å²) in [5, 5.41) is 14.2. The lowest BCUT2D eigenvalue weighted by Crippen LogP contribution is -2.52. The Labute approximate surface area is 228 Å². The van der Waals surface area contributed by atoms with E-state index >= 15 is 0 Å². The van der Waals surface area contributed by atoms with Gasteiger partial charge < -0.3 is 19.7 Å². The normalized spacial score (nSPS) is 11.5. The first-order valence-electron chi connectivity index (χ1n) is 12.8. The van der Waals surface area contributed by atoms with Crippen LogP contribution in [0.2, 0.25) is 0 Å². The lowest BCUT2D eigenvalue weighted by atomic mass is 10.0. The van der Waals surface area contributed by atoms with Crippen molar-refractivity contribution in [1.82, 2.24) is 10.2 Å². The summed E-state index contributed by atoms with van der Waals surface area (Å²) in [7, 11) is 1.32. The number of methoxy groups -OCH3 is 1. The second-order valence-electron chi connectivity index (χ2n) is 9.67. The number of rotatable bonds is 13. The molecule has 206 valence electrons. The monoisotopic (exact) mass is 533 g/mol. The van der Waals surface area contributed by atoms with Crippen LogP contribution in [0.3, 0.4) is 0 Å². The van der Waals surface area contributed by atoms with Gasteiger partial charge in [0.15, 0.2) is 6.61 Å². The third-order valence-corrected chi connectivity index (χ3v) is 6.27. The van der Waals surface area contributed by atoms with Gasteiger partial charge in [0.2, 0.25) is 11.7 Å². The summed E-state index contributed by atoms with van der Waals surface area (Å²) in [6, 6.07) is 20.5. The third kappa shape index (κ3) is 8.29. The molecule has 3 aromatic carbocycles. The molecule has 1 N–H and O–H groups in total. The van der Waals surface area contributed by atoms with Gasteiger partial charge in [-0.2, -0.15) is 0 Å². The molecule has 2 amide bonds. The van der Waals surface area contributed by atoms with Crippen LogP contribution in [0.5, 0.6) is 11.5 Å². The topological polar surface area (TPSA) is 111 Å². The number of nitrogens with one attached hydrogen (secondary N) is 1. The number of hydrogen-bond acceptors (Lipinski definition) is 6. The zero-order valence-corrected chi connectivity index (χ0v) is 22.8. The number of aryl methyl sites for hydroxylation is 1. The van der Waals surface area contributed by atoms with Crippen LogP contribution >= 0.6 is 0 Å². The van der Waals surface area contributed by atoms with Gasteiger partial charge in [-0.15, -0.1) is 0 Å². The molecule has 0 bridgehead atoms. The number of nitro benzene ring substituents is 1. The van der Waals surface area contributed by atoms with E-state index in [4.69, 9.17) is 9.47 Å². The summed E-state index contributed by atoms with van der Waals surface area (Å²) in [6.45, 7) is 6.31. The maximum Gasteiger partial charge on any atom is 0.311 e. The van der Waals surface area contributed by atoms with Crippen LogP contribution in [0.25, 0.3) is 0 Å². The highest BCUT2D eigenvalue weighted by Crippen LogP contribution is 2.31. The molecular formula is C30H35N3O6. The number of carbonyl (C=O) groups excluding carboxylic acids is 2. The van der Waals surface area contributed by atoms with E-state index in [-0.39, 0.29) is 42.2 Å². The molecule has 0 radical (unpaired) electrons. The Morgan fingerprint density at radius 2 is 1.72 bits per heavy atom. The number of hydrogen-bond donors (Lipinski definition) is 1. The van der Waals surface area contributed by atoms with Gasteiger partial charge in [0.1, 0.15) is 11.8 Å². The molecule has 0 spiro atoms. The van der Waals surface area contributed by atoms with Crippen LogP contribution in [-0.4, -0.2) is 47.9 Å². The van der Waals surface area contributed by atoms with Crippen molar-refractivity contribution in [2.24, 2.45) is 5.92 Å². The van der Waals surface area contributed by atoms with Gasteiger partial charge in [-0.1, -0.05) is 68.4 Å². The minimum atomic E-state index is -0.784. The van der Waals surface area contributed by atoms with Crippen molar-refractivity contribution in [3.63, 3.8) is 0 Å². The second kappa shape index (κ2) is 13.9. The highest BCUT2D eigenvalue weighted by molar-refractivity contribution is 5.88. The Bertz CT molecular complexity index is 1280. The van der Waals surface area contributed by atoms with E-state index in [1.165, 1.54) is 25.3 Å². The van der Waals surface area contributed by atoms with Crippen molar-refractivity contribution in [3.05, 3.63) is 99.6 Å². The molecule has 9 nitrogen and oxygen atoms in total. The maximum atomic E-state index is 13.7. The van der Waals surface area contributed by atoms with E-state index in [0.29, 0.717) is 13.0 Å². The van der Waals surface area contributed by atoms with Gasteiger partial charge in [0.05, 0.1) is 12.0 Å². The number of ether oxygens (including phenoxy) is 2. The standard InChI is InChI=1S/C30H35N3O6/c1-21(2)18-31-30(35)27(16-23-11-6-5-7-12-23)32(19-24-13-9-8-10-22(24)3)29(34)20-39-25-14-15-26(33(36)37)28(17-25)38-4/h5-15,17,21,27H,16,18-20H2,1-4H3,(H,31,35)/t27-/m1/s1. The zero-order valence-electron chi connectivity index (χ0n) is 22.8. The van der Waals surface area contributed by atoms with Crippen LogP contribution in [-0.2, 0) is 22.6 Å². The number of benzene rings is 3. The highest BCUT2D eigenvalue weighted by atomic mass is 16.6. The number of carbonyl (C=O) groups is 2. The Kier molecular flexibility index (Phi) is 10.4. The van der Waals surface area contributed by atoms with E-state index in [9.17, 15) is 19.7 Å². The second-order valence-corrected chi connectivity index (χ2v) is 9.67. The molecule has 0 aliphatic rings. The van der Waals surface area contributed by atoms with Gasteiger partial charge in [0, 0.05) is 31.6 Å². The molecule has 3 aromatic rings. The fourth-order valence-corrected chi connectivity index (χ4v) is 4.07. The molecule has 0 heterocycles. The molecule has 0 aromatic heterocycles. The Balaban J connectivity index is 1.92. The van der Waals surface area contributed by atoms with E-state index in [0.717, 1.165) is 16.7 Å². The lowest BCUT2D eigenvalue weighted by molar-refractivity contribution is -0.385. The summed E-state index contributed by atoms with van der Waals surface area (Å²) < 4.78 is 10.9. The fourth-order valence-electron chi connectivity index (χ4n) is 4.07. The molecule has 0 fully saturated rings.